The van der Waals surface area contributed by atoms with E-state index >= 15 is 0 Å². The molecule has 0 bridgehead atoms. The van der Waals surface area contributed by atoms with E-state index in [1.165, 1.54) is 47.9 Å². The number of hydrogen-bond donors (Lipinski definition) is 1. The van der Waals surface area contributed by atoms with Crippen LogP contribution in [0.1, 0.15) is 23.3 Å². The fraction of sp³-hybridized carbons (Fsp3) is 0.304. The van der Waals surface area contributed by atoms with Crippen LogP contribution in [0.5, 0.6) is 5.75 Å². The highest BCUT2D eigenvalue weighted by Gasteiger charge is 2.24. The molecule has 1 aliphatic rings. The molecule has 6 heteroatoms. The number of benzene rings is 2. The van der Waals surface area contributed by atoms with E-state index in [1.807, 2.05) is 0 Å². The molecular formula is C23H23NO3S2. The van der Waals surface area contributed by atoms with Crippen LogP contribution in [-0.4, -0.2) is 28.3 Å². The van der Waals surface area contributed by atoms with Gasteiger partial charge in [-0.3, -0.25) is 0 Å². The van der Waals surface area contributed by atoms with Crippen molar-refractivity contribution in [2.45, 2.75) is 24.2 Å². The number of ether oxygens (including phenoxy) is 1. The molecule has 2 aromatic carbocycles. The molecule has 3 aromatic rings. The first-order valence-corrected chi connectivity index (χ1v) is 12.3. The lowest BCUT2D eigenvalue weighted by Crippen LogP contribution is -2.03. The molecule has 1 heterocycles. The lowest BCUT2D eigenvalue weighted by atomic mass is 10.0. The Morgan fingerprint density at radius 3 is 2.72 bits per heavy atom. The predicted molar refractivity (Wildman–Crippen MR) is 120 cm³/mol. The molecule has 0 spiro atoms. The van der Waals surface area contributed by atoms with E-state index < -0.39 is 9.84 Å². The van der Waals surface area contributed by atoms with Crippen LogP contribution in [0.4, 0.5) is 5.69 Å². The Bertz CT molecular complexity index is 1210. The van der Waals surface area contributed by atoms with E-state index in [0.29, 0.717) is 12.3 Å². The van der Waals surface area contributed by atoms with Gasteiger partial charge in [0.05, 0.1) is 29.1 Å². The number of thiophene rings is 1. The monoisotopic (exact) mass is 425 g/mol. The Kier molecular flexibility index (Phi) is 5.53. The van der Waals surface area contributed by atoms with Crippen molar-refractivity contribution in [1.29, 1.82) is 0 Å². The zero-order valence-corrected chi connectivity index (χ0v) is 18.1. The van der Waals surface area contributed by atoms with Crippen molar-refractivity contribution in [1.82, 2.24) is 0 Å². The minimum atomic E-state index is -3.27. The third-order valence-electron chi connectivity index (χ3n) is 5.06. The van der Waals surface area contributed by atoms with Crippen LogP contribution in [0.2, 0.25) is 0 Å². The number of nitrogens with one attached hydrogen (secondary N) is 1. The average Bonchev–Trinajstić information content (AvgIpc) is 3.46. The van der Waals surface area contributed by atoms with Crippen LogP contribution < -0.4 is 10.1 Å². The van der Waals surface area contributed by atoms with Crippen LogP contribution in [0.3, 0.4) is 0 Å². The average molecular weight is 426 g/mol. The number of hydrogen-bond acceptors (Lipinski definition) is 5. The molecule has 0 radical (unpaired) electrons. The third kappa shape index (κ3) is 4.58. The Hall–Kier alpha value is -2.49. The first-order chi connectivity index (χ1) is 14.0. The van der Waals surface area contributed by atoms with E-state index in [0.717, 1.165) is 22.9 Å². The Balaban J connectivity index is 1.53. The zero-order valence-electron chi connectivity index (χ0n) is 16.5. The van der Waals surface area contributed by atoms with Crippen molar-refractivity contribution in [3.8, 4) is 17.6 Å². The normalized spacial score (nSPS) is 13.7. The highest BCUT2D eigenvalue weighted by Crippen LogP contribution is 2.39. The number of sulfone groups is 1. The third-order valence-corrected chi connectivity index (χ3v) is 7.30. The largest absolute Gasteiger partial charge is 0.495 e. The number of fused-ring (bicyclic) bond motifs is 1. The summed E-state index contributed by atoms with van der Waals surface area (Å²) in [6, 6.07) is 13.4. The van der Waals surface area contributed by atoms with Gasteiger partial charge in [-0.25, -0.2) is 8.42 Å². The SMILES string of the molecule is COc1cc(S(C)(=O)=O)ccc1NCC#Cc1sc2ccccc2c1CC1CC1. The summed E-state index contributed by atoms with van der Waals surface area (Å²) in [5.41, 5.74) is 2.11. The topological polar surface area (TPSA) is 55.4 Å². The molecule has 0 aliphatic heterocycles. The Labute approximate surface area is 175 Å². The molecule has 29 heavy (non-hydrogen) atoms. The highest BCUT2D eigenvalue weighted by molar-refractivity contribution is 7.90. The van der Waals surface area contributed by atoms with E-state index in [4.69, 9.17) is 4.74 Å². The zero-order chi connectivity index (χ0) is 20.4. The summed E-state index contributed by atoms with van der Waals surface area (Å²) in [7, 11) is -1.74. The van der Waals surface area contributed by atoms with Gasteiger partial charge in [-0.2, -0.15) is 0 Å². The van der Waals surface area contributed by atoms with Crippen LogP contribution in [0.25, 0.3) is 10.1 Å². The quantitative estimate of drug-likeness (QED) is 0.580. The van der Waals surface area contributed by atoms with E-state index in [1.54, 1.807) is 23.5 Å². The van der Waals surface area contributed by atoms with Crippen LogP contribution in [0, 0.1) is 17.8 Å². The number of rotatable bonds is 6. The molecule has 1 N–H and O–H groups in total. The second-order valence-electron chi connectivity index (χ2n) is 7.34. The second-order valence-corrected chi connectivity index (χ2v) is 10.4. The van der Waals surface area contributed by atoms with Crippen molar-refractivity contribution < 1.29 is 13.2 Å². The van der Waals surface area contributed by atoms with Gasteiger partial charge < -0.3 is 10.1 Å². The summed E-state index contributed by atoms with van der Waals surface area (Å²) in [4.78, 5) is 1.39. The van der Waals surface area contributed by atoms with E-state index in [-0.39, 0.29) is 4.90 Å². The fourth-order valence-electron chi connectivity index (χ4n) is 3.33. The molecule has 1 saturated carbocycles. The molecule has 0 unspecified atom stereocenters. The first kappa shape index (κ1) is 19.8. The van der Waals surface area contributed by atoms with Gasteiger partial charge in [0.2, 0.25) is 0 Å². The maximum absolute atomic E-state index is 11.7. The van der Waals surface area contributed by atoms with Crippen LogP contribution in [-0.2, 0) is 16.3 Å². The minimum absolute atomic E-state index is 0.237. The summed E-state index contributed by atoms with van der Waals surface area (Å²) in [6.07, 6.45) is 4.94. The molecule has 0 saturated heterocycles. The van der Waals surface area contributed by atoms with Gasteiger partial charge in [0.1, 0.15) is 5.75 Å². The standard InChI is InChI=1S/C23H23NO3S2/c1-27-21-15-17(29(2,25)26)11-12-20(21)24-13-5-8-23-19(14-16-9-10-16)18-6-3-4-7-22(18)28-23/h3-4,6-7,11-12,15-16,24H,9-10,13-14H2,1-2H3. The predicted octanol–water partition coefficient (Wildman–Crippen LogP) is 4.73. The van der Waals surface area contributed by atoms with Crippen LogP contribution in [0.15, 0.2) is 47.4 Å². The molecule has 150 valence electrons. The maximum atomic E-state index is 11.7. The molecule has 0 atom stereocenters. The molecule has 4 rings (SSSR count). The summed E-state index contributed by atoms with van der Waals surface area (Å²) in [5, 5.41) is 4.56. The van der Waals surface area contributed by atoms with Crippen molar-refractivity contribution in [3.05, 3.63) is 52.9 Å². The summed E-state index contributed by atoms with van der Waals surface area (Å²) < 4.78 is 30.1. The van der Waals surface area contributed by atoms with E-state index in [9.17, 15) is 8.42 Å². The van der Waals surface area contributed by atoms with Crippen molar-refractivity contribution in [3.63, 3.8) is 0 Å². The van der Waals surface area contributed by atoms with Gasteiger partial charge in [-0.1, -0.05) is 30.0 Å². The number of anilines is 1. The second kappa shape index (κ2) is 8.10. The van der Waals surface area contributed by atoms with Crippen molar-refractivity contribution >= 4 is 36.9 Å². The van der Waals surface area contributed by atoms with Gasteiger partial charge in [-0.05, 0) is 54.3 Å². The van der Waals surface area contributed by atoms with Gasteiger partial charge in [0.15, 0.2) is 9.84 Å². The van der Waals surface area contributed by atoms with Crippen LogP contribution >= 0.6 is 11.3 Å². The maximum Gasteiger partial charge on any atom is 0.175 e. The van der Waals surface area contributed by atoms with Crippen molar-refractivity contribution in [2.75, 3.05) is 25.2 Å². The minimum Gasteiger partial charge on any atom is -0.495 e. The Morgan fingerprint density at radius 2 is 2.00 bits per heavy atom. The molecule has 1 aliphatic carbocycles. The van der Waals surface area contributed by atoms with Crippen molar-refractivity contribution in [2.24, 2.45) is 5.92 Å². The lowest BCUT2D eigenvalue weighted by Gasteiger charge is -2.10. The summed E-state index contributed by atoms with van der Waals surface area (Å²) in [6.45, 7) is 0.450. The van der Waals surface area contributed by atoms with Gasteiger partial charge >= 0.3 is 0 Å². The first-order valence-electron chi connectivity index (χ1n) is 9.57. The molecule has 4 nitrogen and oxygen atoms in total. The summed E-state index contributed by atoms with van der Waals surface area (Å²) >= 11 is 1.76. The molecule has 1 aromatic heterocycles. The van der Waals surface area contributed by atoms with Gasteiger partial charge in [0, 0.05) is 17.0 Å². The summed E-state index contributed by atoms with van der Waals surface area (Å²) in [5.74, 6) is 7.87. The van der Waals surface area contributed by atoms with Gasteiger partial charge in [-0.15, -0.1) is 11.3 Å². The smallest absolute Gasteiger partial charge is 0.175 e. The van der Waals surface area contributed by atoms with E-state index in [2.05, 4.69) is 41.4 Å². The lowest BCUT2D eigenvalue weighted by molar-refractivity contribution is 0.415. The van der Waals surface area contributed by atoms with Gasteiger partial charge in [0.25, 0.3) is 0 Å². The fourth-order valence-corrected chi connectivity index (χ4v) is 5.07. The Morgan fingerprint density at radius 1 is 1.21 bits per heavy atom. The highest BCUT2D eigenvalue weighted by atomic mass is 32.2. The molecule has 1 fully saturated rings. The molecule has 0 amide bonds. The number of methoxy groups -OCH3 is 1. The molecular weight excluding hydrogens is 402 g/mol.